The van der Waals surface area contributed by atoms with Crippen molar-refractivity contribution >= 4 is 5.91 Å². The van der Waals surface area contributed by atoms with Gasteiger partial charge >= 0.3 is 0 Å². The van der Waals surface area contributed by atoms with Gasteiger partial charge in [-0.3, -0.25) is 4.79 Å². The van der Waals surface area contributed by atoms with Crippen molar-refractivity contribution in [3.05, 3.63) is 29.8 Å². The fourth-order valence-electron chi connectivity index (χ4n) is 2.76. The molecule has 2 rings (SSSR count). The van der Waals surface area contributed by atoms with Crippen LogP contribution >= 0.6 is 0 Å². The second kappa shape index (κ2) is 7.58. The molecule has 1 fully saturated rings. The van der Waals surface area contributed by atoms with Gasteiger partial charge in [-0.1, -0.05) is 18.2 Å². The van der Waals surface area contributed by atoms with Crippen LogP contribution in [0, 0.1) is 0 Å². The van der Waals surface area contributed by atoms with E-state index in [1.807, 2.05) is 12.1 Å². The molecule has 1 atom stereocenters. The van der Waals surface area contributed by atoms with Crippen LogP contribution in [-0.4, -0.2) is 50.5 Å². The molecule has 3 N–H and O–H groups in total. The molecule has 0 aliphatic carbocycles. The van der Waals surface area contributed by atoms with E-state index in [0.717, 1.165) is 13.1 Å². The van der Waals surface area contributed by atoms with Crippen molar-refractivity contribution in [3.8, 4) is 5.75 Å². The highest BCUT2D eigenvalue weighted by Gasteiger charge is 2.39. The molecule has 1 unspecified atom stereocenters. The molecule has 122 valence electrons. The Balaban J connectivity index is 1.98. The van der Waals surface area contributed by atoms with E-state index in [1.165, 1.54) is 0 Å². The van der Waals surface area contributed by atoms with E-state index < -0.39 is 11.7 Å². The molecule has 1 heterocycles. The Hall–Kier alpha value is -1.63. The van der Waals surface area contributed by atoms with Crippen LogP contribution in [0.2, 0.25) is 0 Å². The molecule has 1 saturated heterocycles. The van der Waals surface area contributed by atoms with E-state index in [4.69, 9.17) is 9.47 Å². The van der Waals surface area contributed by atoms with E-state index >= 15 is 0 Å². The summed E-state index contributed by atoms with van der Waals surface area (Å²) in [6.07, 6.45) is 0.427. The summed E-state index contributed by atoms with van der Waals surface area (Å²) in [4.78, 5) is 12.4. The van der Waals surface area contributed by atoms with E-state index in [1.54, 1.807) is 26.4 Å². The predicted molar refractivity (Wildman–Crippen MR) is 82.8 cm³/mol. The third-order valence-corrected chi connectivity index (χ3v) is 4.17. The normalized spacial score (nSPS) is 18.5. The maximum absolute atomic E-state index is 12.4. The Labute approximate surface area is 130 Å². The summed E-state index contributed by atoms with van der Waals surface area (Å²) >= 11 is 0. The van der Waals surface area contributed by atoms with Crippen LogP contribution in [-0.2, 0) is 9.53 Å². The molecule has 0 aromatic heterocycles. The molecule has 1 aliphatic rings. The average molecular weight is 308 g/mol. The molecular formula is C16H24N2O4. The average Bonchev–Trinajstić information content (AvgIpc) is 2.59. The van der Waals surface area contributed by atoms with Crippen LogP contribution in [0.4, 0.5) is 0 Å². The quantitative estimate of drug-likeness (QED) is 0.718. The highest BCUT2D eigenvalue weighted by Crippen LogP contribution is 2.25. The van der Waals surface area contributed by atoms with Crippen molar-refractivity contribution in [1.29, 1.82) is 0 Å². The summed E-state index contributed by atoms with van der Waals surface area (Å²) in [5.74, 6) is 0.429. The van der Waals surface area contributed by atoms with Crippen molar-refractivity contribution in [2.24, 2.45) is 0 Å². The summed E-state index contributed by atoms with van der Waals surface area (Å²) in [5.41, 5.74) is -0.145. The van der Waals surface area contributed by atoms with Gasteiger partial charge in [0.25, 0.3) is 5.91 Å². The fourth-order valence-corrected chi connectivity index (χ4v) is 2.76. The Bertz CT molecular complexity index is 501. The highest BCUT2D eigenvalue weighted by molar-refractivity contribution is 5.85. The number of carbonyl (C=O) groups excluding carboxylic acids is 1. The molecule has 22 heavy (non-hydrogen) atoms. The maximum atomic E-state index is 12.4. The van der Waals surface area contributed by atoms with Crippen LogP contribution in [0.3, 0.4) is 0 Å². The molecule has 0 radical (unpaired) electrons. The molecule has 0 spiro atoms. The lowest BCUT2D eigenvalue weighted by molar-refractivity contribution is -0.147. The lowest BCUT2D eigenvalue weighted by atomic mass is 9.91. The van der Waals surface area contributed by atoms with E-state index in [0.29, 0.717) is 24.2 Å². The number of rotatable bonds is 6. The van der Waals surface area contributed by atoms with Gasteiger partial charge in [0.15, 0.2) is 0 Å². The van der Waals surface area contributed by atoms with Gasteiger partial charge < -0.3 is 25.2 Å². The molecule has 1 aliphatic heterocycles. The Kier molecular flexibility index (Phi) is 5.76. The molecule has 1 amide bonds. The first-order chi connectivity index (χ1) is 10.6. The Morgan fingerprint density at radius 2 is 2.05 bits per heavy atom. The van der Waals surface area contributed by atoms with Gasteiger partial charge in [-0.25, -0.2) is 0 Å². The molecule has 6 heteroatoms. The molecule has 1 aromatic carbocycles. The second-order valence-electron chi connectivity index (χ2n) is 5.42. The number of carbonyl (C=O) groups is 1. The number of amides is 1. The van der Waals surface area contributed by atoms with Gasteiger partial charge in [-0.05, 0) is 32.0 Å². The minimum atomic E-state index is -0.823. The summed E-state index contributed by atoms with van der Waals surface area (Å²) < 4.78 is 10.7. The second-order valence-corrected chi connectivity index (χ2v) is 5.42. The van der Waals surface area contributed by atoms with Gasteiger partial charge in [0.1, 0.15) is 11.4 Å². The number of nitrogens with one attached hydrogen (secondary N) is 2. The van der Waals surface area contributed by atoms with Crippen LogP contribution in [0.25, 0.3) is 0 Å². The molecule has 0 saturated carbocycles. The van der Waals surface area contributed by atoms with Crippen molar-refractivity contribution in [2.75, 3.05) is 33.9 Å². The number of hydrogen-bond donors (Lipinski definition) is 3. The van der Waals surface area contributed by atoms with Gasteiger partial charge in [0, 0.05) is 19.2 Å². The zero-order valence-corrected chi connectivity index (χ0v) is 13.1. The topological polar surface area (TPSA) is 79.8 Å². The molecule has 1 aromatic rings. The lowest BCUT2D eigenvalue weighted by Crippen LogP contribution is -2.54. The van der Waals surface area contributed by atoms with Gasteiger partial charge in [0.05, 0.1) is 13.2 Å². The van der Waals surface area contributed by atoms with E-state index in [2.05, 4.69) is 10.6 Å². The SMILES string of the molecule is COc1ccccc1C(O)CNC(=O)C1(OC)CCNCC1. The van der Waals surface area contributed by atoms with Gasteiger partial charge in [0.2, 0.25) is 0 Å². The molecule has 0 bridgehead atoms. The minimum absolute atomic E-state index is 0.123. The predicted octanol–water partition coefficient (Wildman–Crippen LogP) is 0.613. The fraction of sp³-hybridized carbons (Fsp3) is 0.562. The lowest BCUT2D eigenvalue weighted by Gasteiger charge is -2.35. The molecular weight excluding hydrogens is 284 g/mol. The highest BCUT2D eigenvalue weighted by atomic mass is 16.5. The maximum Gasteiger partial charge on any atom is 0.252 e. The van der Waals surface area contributed by atoms with Crippen LogP contribution in [0.5, 0.6) is 5.75 Å². The number of ether oxygens (including phenoxy) is 2. The van der Waals surface area contributed by atoms with Crippen molar-refractivity contribution in [2.45, 2.75) is 24.5 Å². The summed E-state index contributed by atoms with van der Waals surface area (Å²) in [6, 6.07) is 7.23. The Morgan fingerprint density at radius 1 is 1.36 bits per heavy atom. The first-order valence-corrected chi connectivity index (χ1v) is 7.48. The van der Waals surface area contributed by atoms with Gasteiger partial charge in [-0.2, -0.15) is 0 Å². The Morgan fingerprint density at radius 3 is 2.68 bits per heavy atom. The third kappa shape index (κ3) is 3.58. The number of aliphatic hydroxyl groups excluding tert-OH is 1. The first-order valence-electron chi connectivity index (χ1n) is 7.48. The monoisotopic (exact) mass is 308 g/mol. The number of piperidine rings is 1. The van der Waals surface area contributed by atoms with Crippen molar-refractivity contribution in [3.63, 3.8) is 0 Å². The standard InChI is InChI=1S/C16H24N2O4/c1-21-14-6-4-3-5-12(14)13(19)11-18-15(20)16(22-2)7-9-17-10-8-16/h3-6,13,17,19H,7-11H2,1-2H3,(H,18,20). The van der Waals surface area contributed by atoms with Gasteiger partial charge in [-0.15, -0.1) is 0 Å². The largest absolute Gasteiger partial charge is 0.496 e. The number of aliphatic hydroxyl groups is 1. The summed E-state index contributed by atoms with van der Waals surface area (Å²) in [7, 11) is 3.11. The number of hydrogen-bond acceptors (Lipinski definition) is 5. The first kappa shape index (κ1) is 16.7. The summed E-state index contributed by atoms with van der Waals surface area (Å²) in [6.45, 7) is 1.62. The van der Waals surface area contributed by atoms with Crippen molar-refractivity contribution in [1.82, 2.24) is 10.6 Å². The number of benzene rings is 1. The van der Waals surface area contributed by atoms with E-state index in [9.17, 15) is 9.90 Å². The summed E-state index contributed by atoms with van der Waals surface area (Å²) in [5, 5.41) is 16.3. The van der Waals surface area contributed by atoms with E-state index in [-0.39, 0.29) is 12.5 Å². The zero-order valence-electron chi connectivity index (χ0n) is 13.1. The third-order valence-electron chi connectivity index (χ3n) is 4.17. The smallest absolute Gasteiger partial charge is 0.252 e. The molecule has 6 nitrogen and oxygen atoms in total. The zero-order chi connectivity index (χ0) is 16.0. The minimum Gasteiger partial charge on any atom is -0.496 e. The van der Waals surface area contributed by atoms with Crippen molar-refractivity contribution < 1.29 is 19.4 Å². The van der Waals surface area contributed by atoms with Crippen LogP contribution in [0.1, 0.15) is 24.5 Å². The van der Waals surface area contributed by atoms with Crippen LogP contribution < -0.4 is 15.4 Å². The number of methoxy groups -OCH3 is 2. The number of para-hydroxylation sites is 1. The van der Waals surface area contributed by atoms with Crippen LogP contribution in [0.15, 0.2) is 24.3 Å².